The molecule has 0 radical (unpaired) electrons. The van der Waals surface area contributed by atoms with Crippen LogP contribution in [0.3, 0.4) is 0 Å². The van der Waals surface area contributed by atoms with Gasteiger partial charge in [-0.05, 0) is 11.6 Å². The van der Waals surface area contributed by atoms with Crippen molar-refractivity contribution in [1.29, 1.82) is 0 Å². The van der Waals surface area contributed by atoms with Gasteiger partial charge in [0, 0.05) is 18.0 Å². The van der Waals surface area contributed by atoms with E-state index in [9.17, 15) is 14.4 Å². The smallest absolute Gasteiger partial charge is 0.338 e. The summed E-state index contributed by atoms with van der Waals surface area (Å²) in [5.41, 5.74) is 6.06. The minimum absolute atomic E-state index is 0.0469. The first-order chi connectivity index (χ1) is 8.91. The summed E-state index contributed by atoms with van der Waals surface area (Å²) < 4.78 is 0. The van der Waals surface area contributed by atoms with E-state index in [0.717, 1.165) is 4.90 Å². The van der Waals surface area contributed by atoms with E-state index < -0.39 is 5.97 Å². The minimum atomic E-state index is -1.17. The van der Waals surface area contributed by atoms with Crippen LogP contribution in [0.2, 0.25) is 0 Å². The highest BCUT2D eigenvalue weighted by molar-refractivity contribution is 6.03. The van der Waals surface area contributed by atoms with Crippen molar-refractivity contribution in [3.8, 4) is 0 Å². The second kappa shape index (κ2) is 4.72. The lowest BCUT2D eigenvalue weighted by atomic mass is 10.0. The number of imide groups is 1. The fourth-order valence-corrected chi connectivity index (χ4v) is 2.20. The highest BCUT2D eigenvalue weighted by Gasteiger charge is 2.36. The second-order valence-electron chi connectivity index (χ2n) is 4.61. The number of nitrogens with zero attached hydrogens (tertiary/aromatic N) is 1. The van der Waals surface area contributed by atoms with Crippen LogP contribution in [-0.2, 0) is 16.1 Å². The molecule has 1 unspecified atom stereocenters. The first kappa shape index (κ1) is 13.1. The van der Waals surface area contributed by atoms with Gasteiger partial charge in [0.2, 0.25) is 11.8 Å². The summed E-state index contributed by atoms with van der Waals surface area (Å²) in [5, 5.41) is 9.14. The van der Waals surface area contributed by atoms with E-state index >= 15 is 0 Å². The van der Waals surface area contributed by atoms with E-state index in [1.807, 2.05) is 0 Å². The largest absolute Gasteiger partial charge is 0.478 e. The van der Waals surface area contributed by atoms with Gasteiger partial charge >= 0.3 is 5.97 Å². The van der Waals surface area contributed by atoms with Crippen molar-refractivity contribution in [3.63, 3.8) is 0 Å². The summed E-state index contributed by atoms with van der Waals surface area (Å²) in [6, 6.07) is 4.64. The zero-order valence-electron chi connectivity index (χ0n) is 10.4. The number of benzene rings is 1. The second-order valence-corrected chi connectivity index (χ2v) is 4.61. The van der Waals surface area contributed by atoms with E-state index in [4.69, 9.17) is 10.8 Å². The van der Waals surface area contributed by atoms with Crippen LogP contribution in [0.4, 0.5) is 5.69 Å². The molecule has 1 fully saturated rings. The number of carboxylic acids is 1. The summed E-state index contributed by atoms with van der Waals surface area (Å²) in [6.07, 6.45) is 0.170. The molecule has 1 aromatic rings. The van der Waals surface area contributed by atoms with Gasteiger partial charge in [0.1, 0.15) is 0 Å². The van der Waals surface area contributed by atoms with Gasteiger partial charge in [0.25, 0.3) is 0 Å². The molecule has 1 aromatic carbocycles. The Kier molecular flexibility index (Phi) is 3.25. The Morgan fingerprint density at radius 2 is 2.16 bits per heavy atom. The summed E-state index contributed by atoms with van der Waals surface area (Å²) in [6.45, 7) is 1.63. The molecule has 0 aromatic heterocycles. The number of nitrogens with two attached hydrogens (primary N) is 1. The van der Waals surface area contributed by atoms with Gasteiger partial charge in [0.15, 0.2) is 0 Å². The fourth-order valence-electron chi connectivity index (χ4n) is 2.20. The van der Waals surface area contributed by atoms with E-state index in [0.29, 0.717) is 5.56 Å². The third-order valence-electron chi connectivity index (χ3n) is 3.19. The molecule has 1 aliphatic heterocycles. The van der Waals surface area contributed by atoms with Crippen LogP contribution >= 0.6 is 0 Å². The number of anilines is 1. The number of hydrogen-bond donors (Lipinski definition) is 2. The van der Waals surface area contributed by atoms with Gasteiger partial charge in [-0.1, -0.05) is 19.1 Å². The Morgan fingerprint density at radius 3 is 2.68 bits per heavy atom. The Labute approximate surface area is 109 Å². The lowest BCUT2D eigenvalue weighted by Gasteiger charge is -2.16. The SMILES string of the molecule is CC1CC(=O)N(Cc2cccc(N)c2C(=O)O)C1=O. The molecule has 0 saturated carbocycles. The topological polar surface area (TPSA) is 101 Å². The van der Waals surface area contributed by atoms with Crippen molar-refractivity contribution < 1.29 is 19.5 Å². The van der Waals surface area contributed by atoms with Crippen LogP contribution < -0.4 is 5.73 Å². The average Bonchev–Trinajstić information content (AvgIpc) is 2.55. The van der Waals surface area contributed by atoms with Gasteiger partial charge in [-0.3, -0.25) is 14.5 Å². The van der Waals surface area contributed by atoms with Crippen LogP contribution in [-0.4, -0.2) is 27.8 Å². The highest BCUT2D eigenvalue weighted by atomic mass is 16.4. The van der Waals surface area contributed by atoms with Gasteiger partial charge in [-0.2, -0.15) is 0 Å². The molecule has 100 valence electrons. The molecule has 2 amide bonds. The van der Waals surface area contributed by atoms with Crippen LogP contribution in [0.25, 0.3) is 0 Å². The zero-order valence-corrected chi connectivity index (χ0v) is 10.4. The lowest BCUT2D eigenvalue weighted by molar-refractivity contribution is -0.139. The lowest BCUT2D eigenvalue weighted by Crippen LogP contribution is -2.30. The third kappa shape index (κ3) is 2.29. The quantitative estimate of drug-likeness (QED) is 0.621. The molecule has 1 saturated heterocycles. The van der Waals surface area contributed by atoms with E-state index in [-0.39, 0.29) is 41.9 Å². The predicted octanol–water partition coefficient (Wildman–Crippen LogP) is 0.862. The van der Waals surface area contributed by atoms with Crippen molar-refractivity contribution in [2.24, 2.45) is 5.92 Å². The van der Waals surface area contributed by atoms with E-state index in [1.54, 1.807) is 19.1 Å². The maximum atomic E-state index is 11.8. The molecule has 0 aliphatic carbocycles. The van der Waals surface area contributed by atoms with Crippen molar-refractivity contribution >= 4 is 23.5 Å². The van der Waals surface area contributed by atoms with Gasteiger partial charge in [-0.15, -0.1) is 0 Å². The van der Waals surface area contributed by atoms with Crippen molar-refractivity contribution in [1.82, 2.24) is 4.90 Å². The third-order valence-corrected chi connectivity index (χ3v) is 3.19. The molecule has 1 atom stereocenters. The molecule has 6 heteroatoms. The number of rotatable bonds is 3. The monoisotopic (exact) mass is 262 g/mol. The van der Waals surface area contributed by atoms with E-state index in [2.05, 4.69) is 0 Å². The number of amides is 2. The fraction of sp³-hybridized carbons (Fsp3) is 0.308. The first-order valence-electron chi connectivity index (χ1n) is 5.86. The highest BCUT2D eigenvalue weighted by Crippen LogP contribution is 2.24. The minimum Gasteiger partial charge on any atom is -0.478 e. The summed E-state index contributed by atoms with van der Waals surface area (Å²) in [7, 11) is 0. The first-order valence-corrected chi connectivity index (χ1v) is 5.86. The standard InChI is InChI=1S/C13H14N2O4/c1-7-5-10(16)15(12(7)17)6-8-3-2-4-9(14)11(8)13(18)19/h2-4,7H,5-6,14H2,1H3,(H,18,19). The zero-order chi connectivity index (χ0) is 14.2. The number of carbonyl (C=O) groups excluding carboxylic acids is 2. The Balaban J connectivity index is 2.34. The van der Waals surface area contributed by atoms with Crippen LogP contribution in [0.5, 0.6) is 0 Å². The van der Waals surface area contributed by atoms with Crippen LogP contribution in [0.15, 0.2) is 18.2 Å². The molecular weight excluding hydrogens is 248 g/mol. The molecule has 6 nitrogen and oxygen atoms in total. The Morgan fingerprint density at radius 1 is 1.47 bits per heavy atom. The normalized spacial score (nSPS) is 19.0. The Hall–Kier alpha value is -2.37. The molecular formula is C13H14N2O4. The number of carbonyl (C=O) groups is 3. The summed E-state index contributed by atoms with van der Waals surface area (Å²) in [4.78, 5) is 35.8. The molecule has 0 spiro atoms. The maximum Gasteiger partial charge on any atom is 0.338 e. The number of aromatic carboxylic acids is 1. The van der Waals surface area contributed by atoms with Crippen LogP contribution in [0, 0.1) is 5.92 Å². The molecule has 3 N–H and O–H groups in total. The number of carboxylic acid groups (broad SMARTS) is 1. The molecule has 19 heavy (non-hydrogen) atoms. The number of likely N-dealkylation sites (tertiary alicyclic amines) is 1. The molecule has 2 rings (SSSR count). The summed E-state index contributed by atoms with van der Waals surface area (Å²) in [5.74, 6) is -2.07. The van der Waals surface area contributed by atoms with E-state index in [1.165, 1.54) is 6.07 Å². The summed E-state index contributed by atoms with van der Waals surface area (Å²) >= 11 is 0. The Bertz CT molecular complexity index is 568. The van der Waals surface area contributed by atoms with Crippen molar-refractivity contribution in [2.45, 2.75) is 19.9 Å². The van der Waals surface area contributed by atoms with Gasteiger partial charge in [0.05, 0.1) is 12.1 Å². The van der Waals surface area contributed by atoms with Gasteiger partial charge < -0.3 is 10.8 Å². The predicted molar refractivity (Wildman–Crippen MR) is 67.2 cm³/mol. The van der Waals surface area contributed by atoms with Crippen molar-refractivity contribution in [3.05, 3.63) is 29.3 Å². The number of nitrogen functional groups attached to an aromatic ring is 1. The van der Waals surface area contributed by atoms with Crippen molar-refractivity contribution in [2.75, 3.05) is 5.73 Å². The molecule has 1 aliphatic rings. The van der Waals surface area contributed by atoms with Gasteiger partial charge in [-0.25, -0.2) is 4.79 Å². The number of hydrogen-bond acceptors (Lipinski definition) is 4. The average molecular weight is 262 g/mol. The molecule has 0 bridgehead atoms. The molecule has 1 heterocycles. The maximum absolute atomic E-state index is 11.8. The van der Waals surface area contributed by atoms with Crippen LogP contribution in [0.1, 0.15) is 29.3 Å².